The maximum Gasteiger partial charge on any atom is 0.251 e. The van der Waals surface area contributed by atoms with Gasteiger partial charge in [0.15, 0.2) is 0 Å². The summed E-state index contributed by atoms with van der Waals surface area (Å²) in [5.41, 5.74) is 13.6. The smallest absolute Gasteiger partial charge is 0.251 e. The van der Waals surface area contributed by atoms with Crippen molar-refractivity contribution in [2.45, 2.75) is 142 Å². The second-order valence-corrected chi connectivity index (χ2v) is 23.1. The molecule has 0 saturated carbocycles. The minimum atomic E-state index is -1.41. The Morgan fingerprint density at radius 1 is 0.726 bits per heavy atom. The predicted molar refractivity (Wildman–Crippen MR) is 312 cm³/mol. The van der Waals surface area contributed by atoms with Crippen LogP contribution in [0.4, 0.5) is 5.69 Å². The molecular weight excluding hydrogens is 1080 g/mol. The van der Waals surface area contributed by atoms with Gasteiger partial charge in [-0.05, 0) is 61.5 Å². The number of nitrogens with one attached hydrogen (secondary N) is 8. The Morgan fingerprint density at radius 3 is 1.95 bits per heavy atom. The van der Waals surface area contributed by atoms with E-state index in [4.69, 9.17) is 11.5 Å². The van der Waals surface area contributed by atoms with Crippen molar-refractivity contribution in [2.75, 3.05) is 27.7 Å². The number of aromatic nitrogens is 3. The molecule has 8 atom stereocenters. The lowest BCUT2D eigenvalue weighted by atomic mass is 9.96. The van der Waals surface area contributed by atoms with Crippen molar-refractivity contribution in [1.82, 2.24) is 61.6 Å². The average Bonchev–Trinajstić information content (AvgIpc) is 4.05. The third kappa shape index (κ3) is 20.6. The molecule has 2 aromatic carbocycles. The number of aryl methyl sites for hydroxylation is 1. The Bertz CT molecular complexity index is 3050. The van der Waals surface area contributed by atoms with Crippen molar-refractivity contribution < 1.29 is 53.1 Å². The zero-order valence-corrected chi connectivity index (χ0v) is 49.7. The predicted octanol–water partition coefficient (Wildman–Crippen LogP) is -0.522. The normalized spacial score (nSPS) is 14.4. The summed E-state index contributed by atoms with van der Waals surface area (Å²) < 4.78 is 1.92. The highest BCUT2D eigenvalue weighted by atomic mass is 16.3. The lowest BCUT2D eigenvalue weighted by Crippen LogP contribution is -2.59. The number of hydrogen-bond donors (Lipinski definition) is 11. The fourth-order valence-corrected chi connectivity index (χ4v) is 9.21. The number of quaternary nitrogens is 1. The number of nitriles is 1. The van der Waals surface area contributed by atoms with Gasteiger partial charge in [0, 0.05) is 49.8 Å². The zero-order valence-electron chi connectivity index (χ0n) is 49.7. The molecule has 4 rings (SSSR count). The maximum absolute atomic E-state index is 14.3. The Balaban J connectivity index is 1.48. The largest absolute Gasteiger partial charge is 0.663 e. The van der Waals surface area contributed by atoms with Gasteiger partial charge in [0.05, 0.1) is 52.6 Å². The summed E-state index contributed by atoms with van der Waals surface area (Å²) in [6.45, 7) is 11.4. The average molecular weight is 1170 g/mol. The summed E-state index contributed by atoms with van der Waals surface area (Å²) in [5.74, 6) is -8.37. The first kappa shape index (κ1) is 67.8. The van der Waals surface area contributed by atoms with Crippen LogP contribution in [0.25, 0.3) is 10.9 Å². The minimum absolute atomic E-state index is 0.0294. The summed E-state index contributed by atoms with van der Waals surface area (Å²) in [6, 6.07) is 5.01. The number of rotatable bonds is 32. The highest BCUT2D eigenvalue weighted by Crippen LogP contribution is 2.24. The third-order valence-corrected chi connectivity index (χ3v) is 13.8. The highest BCUT2D eigenvalue weighted by molar-refractivity contribution is 6.00. The molecule has 0 spiro atoms. The van der Waals surface area contributed by atoms with Crippen molar-refractivity contribution in [1.29, 1.82) is 5.26 Å². The maximum atomic E-state index is 14.3. The molecule has 10 amide bonds. The van der Waals surface area contributed by atoms with Crippen LogP contribution in [0.5, 0.6) is 0 Å². The van der Waals surface area contributed by atoms with Gasteiger partial charge in [-0.1, -0.05) is 71.4 Å². The van der Waals surface area contributed by atoms with Gasteiger partial charge < -0.3 is 68.7 Å². The fourth-order valence-electron chi connectivity index (χ4n) is 9.21. The van der Waals surface area contributed by atoms with Crippen LogP contribution in [-0.4, -0.2) is 150 Å². The van der Waals surface area contributed by atoms with E-state index in [2.05, 4.69) is 58.6 Å². The quantitative estimate of drug-likeness (QED) is 0.0274. The Labute approximate surface area is 489 Å². The van der Waals surface area contributed by atoms with Crippen molar-refractivity contribution in [2.24, 2.45) is 36.3 Å². The van der Waals surface area contributed by atoms with E-state index < -0.39 is 126 Å². The van der Waals surface area contributed by atoms with Gasteiger partial charge >= 0.3 is 0 Å². The molecule has 456 valence electrons. The number of nitrogens with two attached hydrogens (primary N) is 2. The third-order valence-electron chi connectivity index (χ3n) is 13.8. The Morgan fingerprint density at radius 2 is 1.36 bits per heavy atom. The topological polar surface area (TPSA) is 395 Å². The summed E-state index contributed by atoms with van der Waals surface area (Å²) in [6.07, 6.45) is 2.33. The Hall–Kier alpha value is -8.70. The van der Waals surface area contributed by atoms with E-state index in [0.717, 1.165) is 0 Å². The second kappa shape index (κ2) is 31.1. The van der Waals surface area contributed by atoms with Crippen LogP contribution in [0.2, 0.25) is 0 Å². The van der Waals surface area contributed by atoms with E-state index >= 15 is 0 Å². The molecule has 0 radical (unpaired) electrons. The number of benzene rings is 2. The molecule has 0 unspecified atom stereocenters. The number of aliphatic hydroxyl groups is 1. The van der Waals surface area contributed by atoms with Crippen molar-refractivity contribution in [3.8, 4) is 6.07 Å². The van der Waals surface area contributed by atoms with E-state index in [1.807, 2.05) is 48.8 Å². The molecule has 26 heteroatoms. The van der Waals surface area contributed by atoms with Crippen LogP contribution < -0.4 is 63.5 Å². The van der Waals surface area contributed by atoms with Gasteiger partial charge in [-0.15, -0.1) is 5.52 Å². The number of primary amides is 2. The minimum Gasteiger partial charge on any atom is -0.663 e. The molecule has 0 aliphatic rings. The number of para-hydroxylation sites is 1. The van der Waals surface area contributed by atoms with Crippen LogP contribution in [0, 0.1) is 29.1 Å². The van der Waals surface area contributed by atoms with Gasteiger partial charge in [-0.2, -0.15) is 11.5 Å². The molecule has 2 aromatic heterocycles. The standard InChI is InChI=1S/C58H83N15O11/c1-31(2)20-42(47(74)25-49(76)66-43(52(61)78)21-32(3)4)69-57(83)45(24-38-28-62-30-72(38)8)67-50(77)29-64-58(84)51(33(5)6)71-53(79)34(7)65-56(82)44(23-37-27-63-40-15-13-12-14-39(37)40)70-55(81)41(17-19-48(60)75)68-54(80)35-16-18-46(73(9,10)11)36(22-35)26-59/h12-16,18,22,27-28,30-34,41-45,47,51,74H,17,19-21,23-25,29H2,1-11H3,(H2,60,75)(H2,61,78)(H,64,84)(H,65,82)(H,66,76)(H,67,77)(H,68,80)(H,69,83)(H,70,81)(H,71,79)/t34-,41-,42-,43-,44-,45-,47-,51-/m0/s1. The van der Waals surface area contributed by atoms with E-state index in [9.17, 15) is 58.3 Å². The molecule has 13 N–H and O–H groups in total. The second-order valence-electron chi connectivity index (χ2n) is 23.1. The molecule has 0 saturated heterocycles. The first-order valence-corrected chi connectivity index (χ1v) is 27.8. The van der Waals surface area contributed by atoms with Crippen LogP contribution in [0.3, 0.4) is 0 Å². The van der Waals surface area contributed by atoms with E-state index in [0.29, 0.717) is 27.8 Å². The number of fused-ring (bicyclic) bond motifs is 1. The van der Waals surface area contributed by atoms with Crippen LogP contribution in [0.1, 0.15) is 108 Å². The number of carbonyl (C=O) groups is 10. The summed E-state index contributed by atoms with van der Waals surface area (Å²) >= 11 is 0. The first-order chi connectivity index (χ1) is 39.4. The van der Waals surface area contributed by atoms with E-state index in [-0.39, 0.29) is 66.0 Å². The lowest BCUT2D eigenvalue weighted by molar-refractivity contribution is -0.134. The summed E-state index contributed by atoms with van der Waals surface area (Å²) in [5, 5.41) is 42.8. The summed E-state index contributed by atoms with van der Waals surface area (Å²) in [7, 11) is 7.24. The van der Waals surface area contributed by atoms with Gasteiger partial charge in [0.1, 0.15) is 53.6 Å². The number of aliphatic hydroxyl groups excluding tert-OH is 1. The molecule has 0 fully saturated rings. The Kier molecular flexibility index (Phi) is 25.1. The van der Waals surface area contributed by atoms with E-state index in [1.54, 1.807) is 55.8 Å². The lowest BCUT2D eigenvalue weighted by Gasteiger charge is -2.28. The van der Waals surface area contributed by atoms with Crippen LogP contribution >= 0.6 is 0 Å². The van der Waals surface area contributed by atoms with Crippen LogP contribution in [0.15, 0.2) is 61.2 Å². The van der Waals surface area contributed by atoms with Crippen LogP contribution in [-0.2, 0) is 63.0 Å². The summed E-state index contributed by atoms with van der Waals surface area (Å²) in [4.78, 5) is 143. The number of amides is 10. The van der Waals surface area contributed by atoms with Crippen molar-refractivity contribution in [3.63, 3.8) is 0 Å². The first-order valence-electron chi connectivity index (χ1n) is 27.8. The van der Waals surface area contributed by atoms with Gasteiger partial charge in [0.2, 0.25) is 53.2 Å². The molecule has 2 heterocycles. The van der Waals surface area contributed by atoms with Gasteiger partial charge in [0.25, 0.3) is 5.91 Å². The SMILES string of the molecule is CC(C)C[C@H](NC(=O)C[C@H](O)[C@H](CC(C)C)NC(=O)[C@H](Cc1cncn1C)NC(=O)CNC(=O)[C@@H](NC(=O)[C@H](C)NC(=O)[C@H](Cc1c[n-]c2ccccc12)NC(=O)[C@H](CCC(N)=O)NC(=O)c1ccc([N+](C)(C)C)c(C#N)c1)C(C)C)C(N)=O. The molecule has 0 bridgehead atoms. The molecule has 4 aromatic rings. The molecule has 84 heavy (non-hydrogen) atoms. The van der Waals surface area contributed by atoms with Gasteiger partial charge in [-0.25, -0.2) is 4.98 Å². The fraction of sp³-hybridized carbons (Fsp3) is 0.517. The molecule has 0 aliphatic heterocycles. The molecule has 26 nitrogen and oxygen atoms in total. The number of imidazole rings is 1. The molecule has 0 aliphatic carbocycles. The molecular formula is C58H83N15O11. The zero-order chi connectivity index (χ0) is 62.7. The number of hydrogen-bond acceptors (Lipinski definition) is 13. The van der Waals surface area contributed by atoms with E-state index in [1.165, 1.54) is 37.8 Å². The van der Waals surface area contributed by atoms with Gasteiger partial charge in [-0.3, -0.25) is 52.4 Å². The number of nitrogens with zero attached hydrogens (tertiary/aromatic N) is 5. The monoisotopic (exact) mass is 1170 g/mol. The van der Waals surface area contributed by atoms with Crippen molar-refractivity contribution in [3.05, 3.63) is 83.6 Å². The number of carbonyl (C=O) groups excluding carboxylic acids is 10. The highest BCUT2D eigenvalue weighted by Gasteiger charge is 2.34. The van der Waals surface area contributed by atoms with Crippen molar-refractivity contribution >= 4 is 75.7 Å².